The zero-order valence-electron chi connectivity index (χ0n) is 17.7. The lowest BCUT2D eigenvalue weighted by Crippen LogP contribution is -2.60. The van der Waals surface area contributed by atoms with Gasteiger partial charge in [0.05, 0.1) is 23.4 Å². The quantitative estimate of drug-likeness (QED) is 0.659. The number of allylic oxidation sites excluding steroid dienone is 1. The van der Waals surface area contributed by atoms with Crippen molar-refractivity contribution in [3.63, 3.8) is 0 Å². The number of aromatic hydroxyl groups is 1. The van der Waals surface area contributed by atoms with Crippen LogP contribution < -0.4 is 5.32 Å². The molecular formula is C24H26FN5O. The van der Waals surface area contributed by atoms with Crippen LogP contribution in [-0.4, -0.2) is 42.1 Å². The third kappa shape index (κ3) is 3.33. The molecule has 0 saturated carbocycles. The second-order valence-electron chi connectivity index (χ2n) is 9.32. The first-order valence-corrected chi connectivity index (χ1v) is 10.6. The van der Waals surface area contributed by atoms with E-state index in [2.05, 4.69) is 34.0 Å². The largest absolute Gasteiger partial charge is 0.507 e. The van der Waals surface area contributed by atoms with E-state index in [1.165, 1.54) is 0 Å². The first-order valence-electron chi connectivity index (χ1n) is 10.6. The Morgan fingerprint density at radius 3 is 2.74 bits per heavy atom. The van der Waals surface area contributed by atoms with Crippen LogP contribution in [0.2, 0.25) is 0 Å². The van der Waals surface area contributed by atoms with Crippen molar-refractivity contribution in [3.8, 4) is 22.7 Å². The minimum atomic E-state index is -1.02. The van der Waals surface area contributed by atoms with Gasteiger partial charge >= 0.3 is 0 Å². The first-order chi connectivity index (χ1) is 14.8. The summed E-state index contributed by atoms with van der Waals surface area (Å²) in [4.78, 5) is 4.02. The predicted molar refractivity (Wildman–Crippen MR) is 117 cm³/mol. The number of piperidine rings is 1. The Morgan fingerprint density at radius 1 is 1.23 bits per heavy atom. The number of phenolic OH excluding ortho intramolecular Hbond substituents is 1. The molecule has 2 aliphatic heterocycles. The molecule has 0 aliphatic carbocycles. The van der Waals surface area contributed by atoms with Crippen molar-refractivity contribution in [2.75, 3.05) is 0 Å². The standard InChI is InChI=1S/C24H26FN5O/c1-15(18-13-23(2)8-9-24(3,29-23)22(18)25)19-6-7-20(28-27-19)17-5-4-16(12-21(17)31)30-11-10-26-14-30/h4-7,10-12,14,18,22,29,31H,1,8-9,13H2,2-3H3/t18-,22+,23+,24-/m0/s1. The van der Waals surface area contributed by atoms with E-state index in [0.29, 0.717) is 28.9 Å². The Morgan fingerprint density at radius 2 is 2.06 bits per heavy atom. The van der Waals surface area contributed by atoms with Crippen LogP contribution in [-0.2, 0) is 0 Å². The maximum absolute atomic E-state index is 15.4. The molecule has 2 saturated heterocycles. The highest BCUT2D eigenvalue weighted by atomic mass is 19.1. The minimum Gasteiger partial charge on any atom is -0.507 e. The summed E-state index contributed by atoms with van der Waals surface area (Å²) in [5, 5.41) is 22.6. The maximum Gasteiger partial charge on any atom is 0.127 e. The number of imidazole rings is 1. The number of nitrogens with zero attached hydrogens (tertiary/aromatic N) is 4. The van der Waals surface area contributed by atoms with Gasteiger partial charge in [0.25, 0.3) is 0 Å². The number of hydrogen-bond acceptors (Lipinski definition) is 5. The van der Waals surface area contributed by atoms with Gasteiger partial charge in [0, 0.05) is 41.0 Å². The average molecular weight is 420 g/mol. The summed E-state index contributed by atoms with van der Waals surface area (Å²) in [5.41, 5.74) is 2.63. The van der Waals surface area contributed by atoms with E-state index in [1.54, 1.807) is 36.9 Å². The van der Waals surface area contributed by atoms with Crippen LogP contribution in [0.5, 0.6) is 5.75 Å². The lowest BCUT2D eigenvalue weighted by Gasteiger charge is -2.45. The van der Waals surface area contributed by atoms with Gasteiger partial charge in [-0.3, -0.25) is 0 Å². The molecule has 160 valence electrons. The maximum atomic E-state index is 15.4. The zero-order chi connectivity index (χ0) is 21.8. The molecule has 5 rings (SSSR count). The number of aromatic nitrogens is 4. The van der Waals surface area contributed by atoms with Crippen LogP contribution >= 0.6 is 0 Å². The van der Waals surface area contributed by atoms with Crippen molar-refractivity contribution in [2.45, 2.75) is 50.4 Å². The third-order valence-electron chi connectivity index (χ3n) is 6.92. The number of hydrogen-bond donors (Lipinski definition) is 2. The molecule has 0 amide bonds. The molecule has 2 aromatic heterocycles. The summed E-state index contributed by atoms with van der Waals surface area (Å²) in [6, 6.07) is 8.95. The fourth-order valence-corrected chi connectivity index (χ4v) is 5.19. The molecule has 4 atom stereocenters. The topological polar surface area (TPSA) is 75.9 Å². The number of rotatable bonds is 4. The number of benzene rings is 1. The Balaban J connectivity index is 1.39. The number of phenols is 1. The highest BCUT2D eigenvalue weighted by Gasteiger charge is 2.55. The van der Waals surface area contributed by atoms with Gasteiger partial charge in [-0.2, -0.15) is 5.10 Å². The molecular weight excluding hydrogens is 393 g/mol. The number of halogens is 1. The van der Waals surface area contributed by atoms with Crippen LogP contribution in [0.25, 0.3) is 22.5 Å². The molecule has 0 spiro atoms. The third-order valence-corrected chi connectivity index (χ3v) is 6.92. The molecule has 0 radical (unpaired) electrons. The number of nitrogens with one attached hydrogen (secondary N) is 1. The molecule has 6 nitrogen and oxygen atoms in total. The highest BCUT2D eigenvalue weighted by Crippen LogP contribution is 2.49. The van der Waals surface area contributed by atoms with Crippen molar-refractivity contribution in [3.05, 3.63) is 61.3 Å². The van der Waals surface area contributed by atoms with Gasteiger partial charge in [-0.25, -0.2) is 9.37 Å². The first kappa shape index (κ1) is 19.9. The van der Waals surface area contributed by atoms with E-state index in [0.717, 1.165) is 18.5 Å². The van der Waals surface area contributed by atoms with Gasteiger partial charge in [-0.05, 0) is 62.9 Å². The average Bonchev–Trinajstić information content (AvgIpc) is 3.38. The SMILES string of the molecule is C=C(c1ccc(-c2ccc(-n3ccnc3)cc2O)nn1)[C@@H]1C[C@@]2(C)CC[C@](C)(N2)[C@@H]1F. The van der Waals surface area contributed by atoms with E-state index >= 15 is 4.39 Å². The summed E-state index contributed by atoms with van der Waals surface area (Å²) in [6.45, 7) is 8.32. The fraction of sp³-hybridized carbons (Fsp3) is 0.375. The van der Waals surface area contributed by atoms with Crippen molar-refractivity contribution in [1.82, 2.24) is 25.1 Å². The fourth-order valence-electron chi connectivity index (χ4n) is 5.19. The summed E-state index contributed by atoms with van der Waals surface area (Å²) in [6.07, 6.45) is 6.62. The van der Waals surface area contributed by atoms with Crippen molar-refractivity contribution in [2.24, 2.45) is 5.92 Å². The molecule has 0 unspecified atom stereocenters. The van der Waals surface area contributed by atoms with Crippen LogP contribution in [0.15, 0.2) is 55.6 Å². The van der Waals surface area contributed by atoms with Gasteiger partial charge < -0.3 is 15.0 Å². The Labute approximate surface area is 180 Å². The van der Waals surface area contributed by atoms with Crippen LogP contribution in [0.3, 0.4) is 0 Å². The summed E-state index contributed by atoms with van der Waals surface area (Å²) < 4.78 is 17.2. The summed E-state index contributed by atoms with van der Waals surface area (Å²) in [5.74, 6) is -0.187. The van der Waals surface area contributed by atoms with E-state index in [1.807, 2.05) is 23.6 Å². The van der Waals surface area contributed by atoms with Crippen molar-refractivity contribution < 1.29 is 9.50 Å². The Bertz CT molecular complexity index is 1130. The molecule has 3 aromatic rings. The predicted octanol–water partition coefficient (Wildman–Crippen LogP) is 4.31. The van der Waals surface area contributed by atoms with Gasteiger partial charge in [0.15, 0.2) is 0 Å². The Hall–Kier alpha value is -3.06. The zero-order valence-corrected chi connectivity index (χ0v) is 17.7. The normalized spacial score (nSPS) is 29.8. The molecule has 2 fully saturated rings. The van der Waals surface area contributed by atoms with Gasteiger partial charge in [-0.1, -0.05) is 6.58 Å². The van der Waals surface area contributed by atoms with Gasteiger partial charge in [-0.15, -0.1) is 5.10 Å². The second-order valence-corrected chi connectivity index (χ2v) is 9.32. The molecule has 7 heteroatoms. The smallest absolute Gasteiger partial charge is 0.127 e. The number of alkyl halides is 1. The molecule has 31 heavy (non-hydrogen) atoms. The minimum absolute atomic E-state index is 0.0684. The van der Waals surface area contributed by atoms with Gasteiger partial charge in [0.1, 0.15) is 11.9 Å². The summed E-state index contributed by atoms with van der Waals surface area (Å²) in [7, 11) is 0. The molecule has 1 aromatic carbocycles. The van der Waals surface area contributed by atoms with Crippen LogP contribution in [0.1, 0.15) is 38.8 Å². The second kappa shape index (κ2) is 6.99. The lowest BCUT2D eigenvalue weighted by molar-refractivity contribution is 0.0770. The van der Waals surface area contributed by atoms with Crippen molar-refractivity contribution in [1.29, 1.82) is 0 Å². The highest BCUT2D eigenvalue weighted by molar-refractivity contribution is 5.70. The van der Waals surface area contributed by atoms with E-state index < -0.39 is 11.7 Å². The van der Waals surface area contributed by atoms with Crippen LogP contribution in [0, 0.1) is 5.92 Å². The van der Waals surface area contributed by atoms with E-state index in [4.69, 9.17) is 0 Å². The van der Waals surface area contributed by atoms with E-state index in [-0.39, 0.29) is 17.2 Å². The monoisotopic (exact) mass is 419 g/mol. The van der Waals surface area contributed by atoms with Gasteiger partial charge in [0.2, 0.25) is 0 Å². The number of fused-ring (bicyclic) bond motifs is 2. The molecule has 4 heterocycles. The lowest BCUT2D eigenvalue weighted by atomic mass is 9.75. The molecule has 2 N–H and O–H groups in total. The van der Waals surface area contributed by atoms with Crippen molar-refractivity contribution >= 4 is 5.57 Å². The molecule has 2 bridgehead atoms. The Kier molecular flexibility index (Phi) is 4.48. The van der Waals surface area contributed by atoms with E-state index in [9.17, 15) is 5.11 Å². The molecule has 2 aliphatic rings. The summed E-state index contributed by atoms with van der Waals surface area (Å²) >= 11 is 0. The van der Waals surface area contributed by atoms with Crippen LogP contribution in [0.4, 0.5) is 4.39 Å².